The lowest BCUT2D eigenvalue weighted by Crippen LogP contribution is -2.13. The van der Waals surface area contributed by atoms with Gasteiger partial charge in [0.15, 0.2) is 4.34 Å². The van der Waals surface area contributed by atoms with Gasteiger partial charge in [0.1, 0.15) is 0 Å². The normalized spacial score (nSPS) is 10.9. The molecule has 7 heteroatoms. The van der Waals surface area contributed by atoms with E-state index in [9.17, 15) is 4.79 Å². The maximum atomic E-state index is 11.0. The van der Waals surface area contributed by atoms with Crippen LogP contribution in [0.2, 0.25) is 0 Å². The van der Waals surface area contributed by atoms with E-state index >= 15 is 0 Å². The number of hydrogen-bond acceptors (Lipinski definition) is 6. The third kappa shape index (κ3) is 4.29. The van der Waals surface area contributed by atoms with Crippen LogP contribution in [0.1, 0.15) is 34.6 Å². The number of thiazole rings is 2. The highest BCUT2D eigenvalue weighted by Crippen LogP contribution is 2.30. The van der Waals surface area contributed by atoms with Gasteiger partial charge in [-0.3, -0.25) is 4.79 Å². The van der Waals surface area contributed by atoms with Gasteiger partial charge in [0.25, 0.3) is 0 Å². The molecule has 4 nitrogen and oxygen atoms in total. The smallest absolute Gasteiger partial charge is 0.222 e. The van der Waals surface area contributed by atoms with Crippen molar-refractivity contribution in [3.63, 3.8) is 0 Å². The summed E-state index contributed by atoms with van der Waals surface area (Å²) in [4.78, 5) is 21.0. The van der Waals surface area contributed by atoms with E-state index in [1.54, 1.807) is 34.4 Å². The summed E-state index contributed by atoms with van der Waals surface area (Å²) in [6.07, 6.45) is 2.46. The van der Waals surface area contributed by atoms with E-state index in [1.165, 1.54) is 5.01 Å². The zero-order chi connectivity index (χ0) is 14.5. The minimum Gasteiger partial charge on any atom is -0.369 e. The standard InChI is InChI=1S/C13H17N3OS3/c1-3-4-12-16-9(6-18-12)7-19-13-15-8(2)10(20-13)5-11(14)17/h6H,3-5,7H2,1-2H3,(H2,14,17). The second-order valence-electron chi connectivity index (χ2n) is 4.40. The average molecular weight is 327 g/mol. The fourth-order valence-corrected chi connectivity index (χ4v) is 4.81. The molecule has 2 aromatic rings. The zero-order valence-electron chi connectivity index (χ0n) is 11.5. The summed E-state index contributed by atoms with van der Waals surface area (Å²) in [5.74, 6) is 0.514. The summed E-state index contributed by atoms with van der Waals surface area (Å²) in [6, 6.07) is 0. The Morgan fingerprint density at radius 1 is 1.45 bits per heavy atom. The first-order chi connectivity index (χ1) is 9.58. The first kappa shape index (κ1) is 15.5. The second kappa shape index (κ2) is 7.19. The molecule has 108 valence electrons. The van der Waals surface area contributed by atoms with Crippen LogP contribution < -0.4 is 5.73 Å². The molecule has 0 atom stereocenters. The summed E-state index contributed by atoms with van der Waals surface area (Å²) in [5, 5.41) is 3.32. The largest absolute Gasteiger partial charge is 0.369 e. The van der Waals surface area contributed by atoms with Crippen LogP contribution in [0, 0.1) is 6.92 Å². The van der Waals surface area contributed by atoms with Gasteiger partial charge in [0.2, 0.25) is 5.91 Å². The molecule has 0 fully saturated rings. The van der Waals surface area contributed by atoms with Gasteiger partial charge < -0.3 is 5.73 Å². The molecular weight excluding hydrogens is 310 g/mol. The molecule has 0 aliphatic rings. The molecule has 0 radical (unpaired) electrons. The molecule has 0 aromatic carbocycles. The molecule has 0 saturated carbocycles. The topological polar surface area (TPSA) is 68.9 Å². The quantitative estimate of drug-likeness (QED) is 0.793. The van der Waals surface area contributed by atoms with Gasteiger partial charge in [-0.05, 0) is 19.8 Å². The van der Waals surface area contributed by atoms with Crippen molar-refractivity contribution in [2.24, 2.45) is 5.73 Å². The Labute approximate surface area is 130 Å². The summed E-state index contributed by atoms with van der Waals surface area (Å²) in [5.41, 5.74) is 7.23. The van der Waals surface area contributed by atoms with Gasteiger partial charge in [-0.2, -0.15) is 0 Å². The Morgan fingerprint density at radius 2 is 2.25 bits per heavy atom. The highest BCUT2D eigenvalue weighted by atomic mass is 32.2. The molecule has 20 heavy (non-hydrogen) atoms. The zero-order valence-corrected chi connectivity index (χ0v) is 14.0. The van der Waals surface area contributed by atoms with Gasteiger partial charge in [-0.15, -0.1) is 22.7 Å². The number of carbonyl (C=O) groups is 1. The van der Waals surface area contributed by atoms with E-state index in [-0.39, 0.29) is 12.3 Å². The average Bonchev–Trinajstić information content (AvgIpc) is 2.95. The molecule has 2 N–H and O–H groups in total. The SMILES string of the molecule is CCCc1nc(CSc2nc(C)c(CC(N)=O)s2)cs1. The van der Waals surface area contributed by atoms with Crippen molar-refractivity contribution in [3.05, 3.63) is 26.7 Å². The number of hydrogen-bond donors (Lipinski definition) is 1. The summed E-state index contributed by atoms with van der Waals surface area (Å²) in [6.45, 7) is 4.08. The number of rotatable bonds is 7. The van der Waals surface area contributed by atoms with Crippen molar-refractivity contribution in [1.29, 1.82) is 0 Å². The van der Waals surface area contributed by atoms with Crippen molar-refractivity contribution < 1.29 is 4.79 Å². The number of aryl methyl sites for hydroxylation is 2. The maximum absolute atomic E-state index is 11.0. The van der Waals surface area contributed by atoms with Crippen LogP contribution in [0.5, 0.6) is 0 Å². The Morgan fingerprint density at radius 3 is 2.95 bits per heavy atom. The van der Waals surface area contributed by atoms with Gasteiger partial charge in [0, 0.05) is 16.0 Å². The van der Waals surface area contributed by atoms with Crippen LogP contribution in [0.25, 0.3) is 0 Å². The number of nitrogens with zero attached hydrogens (tertiary/aromatic N) is 2. The fraction of sp³-hybridized carbons (Fsp3) is 0.462. The molecular formula is C13H17N3OS3. The summed E-state index contributed by atoms with van der Waals surface area (Å²) < 4.78 is 0.976. The minimum atomic E-state index is -0.308. The Kier molecular flexibility index (Phi) is 5.56. The molecule has 0 aliphatic carbocycles. The van der Waals surface area contributed by atoms with E-state index < -0.39 is 0 Å². The van der Waals surface area contributed by atoms with E-state index in [0.717, 1.165) is 39.2 Å². The lowest BCUT2D eigenvalue weighted by atomic mass is 10.3. The van der Waals surface area contributed by atoms with Crippen LogP contribution in [0.15, 0.2) is 9.72 Å². The number of nitrogens with two attached hydrogens (primary N) is 1. The third-order valence-corrected chi connectivity index (χ3v) is 5.91. The lowest BCUT2D eigenvalue weighted by molar-refractivity contribution is -0.117. The van der Waals surface area contributed by atoms with E-state index in [2.05, 4.69) is 22.3 Å². The predicted octanol–water partition coefficient (Wildman–Crippen LogP) is 3.18. The Hall–Kier alpha value is -0.920. The second-order valence-corrected chi connectivity index (χ2v) is 7.65. The lowest BCUT2D eigenvalue weighted by Gasteiger charge is -1.93. The maximum Gasteiger partial charge on any atom is 0.222 e. The molecule has 1 amide bonds. The molecule has 2 aromatic heterocycles. The van der Waals surface area contributed by atoms with Crippen LogP contribution in [-0.4, -0.2) is 15.9 Å². The summed E-state index contributed by atoms with van der Waals surface area (Å²) in [7, 11) is 0. The number of amides is 1. The highest BCUT2D eigenvalue weighted by molar-refractivity contribution is 8.00. The van der Waals surface area contributed by atoms with Crippen molar-refractivity contribution in [2.75, 3.05) is 0 Å². The van der Waals surface area contributed by atoms with Gasteiger partial charge in [0.05, 0.1) is 22.8 Å². The van der Waals surface area contributed by atoms with Crippen LogP contribution in [0.3, 0.4) is 0 Å². The number of aromatic nitrogens is 2. The highest BCUT2D eigenvalue weighted by Gasteiger charge is 2.11. The number of primary amides is 1. The molecule has 2 rings (SSSR count). The van der Waals surface area contributed by atoms with Crippen molar-refractivity contribution >= 4 is 40.3 Å². The molecule has 0 spiro atoms. The van der Waals surface area contributed by atoms with Crippen LogP contribution in [0.4, 0.5) is 0 Å². The molecule has 0 aliphatic heterocycles. The monoisotopic (exact) mass is 327 g/mol. The molecule has 2 heterocycles. The van der Waals surface area contributed by atoms with Crippen molar-refractivity contribution in [3.8, 4) is 0 Å². The summed E-state index contributed by atoms with van der Waals surface area (Å²) >= 11 is 4.94. The van der Waals surface area contributed by atoms with Gasteiger partial charge in [-0.25, -0.2) is 9.97 Å². The predicted molar refractivity (Wildman–Crippen MR) is 85.4 cm³/mol. The van der Waals surface area contributed by atoms with Crippen molar-refractivity contribution in [2.45, 2.75) is 43.2 Å². The molecule has 0 unspecified atom stereocenters. The number of thioether (sulfide) groups is 1. The number of carbonyl (C=O) groups excluding carboxylic acids is 1. The Balaban J connectivity index is 1.94. The fourth-order valence-electron chi connectivity index (χ4n) is 1.66. The minimum absolute atomic E-state index is 0.279. The molecule has 0 saturated heterocycles. The van der Waals surface area contributed by atoms with E-state index in [1.807, 2.05) is 6.92 Å². The van der Waals surface area contributed by atoms with Gasteiger partial charge in [-0.1, -0.05) is 18.7 Å². The van der Waals surface area contributed by atoms with E-state index in [0.29, 0.717) is 0 Å². The third-order valence-electron chi connectivity index (χ3n) is 2.61. The molecule has 0 bridgehead atoms. The van der Waals surface area contributed by atoms with Crippen LogP contribution in [-0.2, 0) is 23.4 Å². The van der Waals surface area contributed by atoms with Crippen molar-refractivity contribution in [1.82, 2.24) is 9.97 Å². The first-order valence-corrected chi connectivity index (χ1v) is 9.07. The Bertz CT molecular complexity index is 591. The van der Waals surface area contributed by atoms with Gasteiger partial charge >= 0.3 is 0 Å². The van der Waals surface area contributed by atoms with Crippen LogP contribution >= 0.6 is 34.4 Å². The first-order valence-electron chi connectivity index (χ1n) is 6.39. The van der Waals surface area contributed by atoms with E-state index in [4.69, 9.17) is 5.73 Å².